The van der Waals surface area contributed by atoms with Crippen LogP contribution in [0.25, 0.3) is 0 Å². The standard InChI is InChI=1S/C20H28ClFN2O3S.C20H30ClN3O3S.C19H26Cl2N2O3S.C19H23ClF4N2O3S.C19H26ClFN2O3S/c2*1-2-12-28(26,27)24-10-8-20(9-11-24,13-15-6-7-15)14-23-19(25)18-16(21)4-3-5-17(18)22;1-2-27(25,26)23-9-7-19(8-10-23,12-14-3-4-14)13-22-18(24)16-6-5-15(20)11-17(16)21;20-16-9-14(21)3-4-15(16)17(27)25-11-18(10-13-1-2-13)5-7-26(8-6-18)30(28,29)12-19(22,23)24;1-2-27(25,26)23-10-8-19(9-11-23,12-14-6-7-14)13-22-18(24)17-15(20)4-3-5-16(17)21/h3-5,15H,2,6-14H2,1H3,(H,23,25);3-5,15H,2,6-14,22H2,1H3,(H,23,25);5-6,11,14H,2-4,7-10,12-13H2,1H3,(H,22,24);3-4,9,13H,1-2,5-8,10-12H2,(H,25,27);3-5,14H,2,6-13H2,1H3,(H,22,24). The topological polar surface area (TPSA) is 358 Å². The fourth-order valence-electron chi connectivity index (χ4n) is 19.9. The number of piperidine rings is 5. The quantitative estimate of drug-likeness (QED) is 0.0159. The van der Waals surface area contributed by atoms with Crippen molar-refractivity contribution in [1.29, 1.82) is 0 Å². The smallest absolute Gasteiger partial charge is 0.398 e. The number of nitrogens with zero attached hydrogens (tertiary/aromatic N) is 5. The van der Waals surface area contributed by atoms with Gasteiger partial charge in [0.25, 0.3) is 29.5 Å². The predicted octanol–water partition coefficient (Wildman–Crippen LogP) is 18.5. The number of carbonyl (C=O) groups excluding carboxylic acids is 5. The predicted molar refractivity (Wildman–Crippen MR) is 538 cm³/mol. The van der Waals surface area contributed by atoms with Gasteiger partial charge in [0.2, 0.25) is 50.1 Å². The Morgan fingerprint density at radius 2 is 0.614 bits per heavy atom. The van der Waals surface area contributed by atoms with E-state index in [9.17, 15) is 92.4 Å². The molecule has 0 unspecified atom stereocenters. The number of alkyl halides is 3. The van der Waals surface area contributed by atoms with Crippen molar-refractivity contribution in [3.63, 3.8) is 0 Å². The summed E-state index contributed by atoms with van der Waals surface area (Å²) in [6.45, 7) is 13.2. The number of nitrogens with two attached hydrogens (primary N) is 1. The molecule has 10 aliphatic rings. The first-order valence-corrected chi connectivity index (χ1v) is 58.9. The maximum Gasteiger partial charge on any atom is 0.404 e. The molecular weight excluding hydrogens is 2050 g/mol. The highest BCUT2D eigenvalue weighted by Crippen LogP contribution is 2.52. The van der Waals surface area contributed by atoms with E-state index in [1.807, 2.05) is 13.8 Å². The number of carbonyl (C=O) groups is 5. The normalized spacial score (nSPS) is 20.2. The van der Waals surface area contributed by atoms with Crippen molar-refractivity contribution in [1.82, 2.24) is 48.1 Å². The molecule has 5 aliphatic carbocycles. The molecule has 5 aliphatic heterocycles. The van der Waals surface area contributed by atoms with Gasteiger partial charge in [-0.1, -0.05) is 166 Å². The first-order chi connectivity index (χ1) is 65.9. The van der Waals surface area contributed by atoms with Crippen molar-refractivity contribution in [3.05, 3.63) is 166 Å². The highest BCUT2D eigenvalue weighted by Gasteiger charge is 2.49. The van der Waals surface area contributed by atoms with Crippen LogP contribution >= 0.6 is 69.6 Å². The van der Waals surface area contributed by atoms with E-state index < -0.39 is 103 Å². The molecule has 43 heteroatoms. The Labute approximate surface area is 851 Å². The Morgan fingerprint density at radius 1 is 0.350 bits per heavy atom. The lowest BCUT2D eigenvalue weighted by Gasteiger charge is -2.42. The summed E-state index contributed by atoms with van der Waals surface area (Å²) in [6.07, 6.45) is 19.6. The van der Waals surface area contributed by atoms with Gasteiger partial charge >= 0.3 is 6.18 Å². The molecule has 0 atom stereocenters. The van der Waals surface area contributed by atoms with Gasteiger partial charge in [-0.25, -0.2) is 76.8 Å². The number of benzene rings is 5. The van der Waals surface area contributed by atoms with E-state index in [2.05, 4.69) is 26.6 Å². The van der Waals surface area contributed by atoms with Gasteiger partial charge < -0.3 is 32.3 Å². The van der Waals surface area contributed by atoms with Crippen molar-refractivity contribution in [2.75, 3.05) is 133 Å². The maximum atomic E-state index is 14.0. The minimum atomic E-state index is -4.79. The van der Waals surface area contributed by atoms with Gasteiger partial charge in [0, 0.05) is 109 Å². The van der Waals surface area contributed by atoms with E-state index in [1.165, 1.54) is 93.8 Å². The summed E-state index contributed by atoms with van der Waals surface area (Å²) in [6, 6.07) is 21.7. The zero-order chi connectivity index (χ0) is 102. The summed E-state index contributed by atoms with van der Waals surface area (Å²) in [4.78, 5) is 62.8. The third-order valence-corrected chi connectivity index (χ3v) is 40.7. The van der Waals surface area contributed by atoms with Crippen molar-refractivity contribution < 1.29 is 92.4 Å². The Kier molecular flexibility index (Phi) is 40.3. The number of hydrogen-bond donors (Lipinski definition) is 6. The van der Waals surface area contributed by atoms with Crippen molar-refractivity contribution in [2.45, 2.75) is 207 Å². The number of nitrogen functional groups attached to an aromatic ring is 1. The zero-order valence-corrected chi connectivity index (χ0v) is 88.4. The second-order valence-electron chi connectivity index (χ2n) is 40.1. The summed E-state index contributed by atoms with van der Waals surface area (Å²) in [5, 5.41) is 15.9. The van der Waals surface area contributed by atoms with E-state index in [-0.39, 0.29) is 108 Å². The molecule has 140 heavy (non-hydrogen) atoms. The lowest BCUT2D eigenvalue weighted by atomic mass is 9.74. The van der Waals surface area contributed by atoms with Gasteiger partial charge in [0.15, 0.2) is 5.75 Å². The zero-order valence-electron chi connectivity index (χ0n) is 79.8. The van der Waals surface area contributed by atoms with Crippen LogP contribution < -0.4 is 32.3 Å². The molecule has 0 radical (unpaired) electrons. The summed E-state index contributed by atoms with van der Waals surface area (Å²) in [7, 11) is -17.1. The van der Waals surface area contributed by atoms with Crippen LogP contribution in [0.5, 0.6) is 0 Å². The summed E-state index contributed by atoms with van der Waals surface area (Å²) >= 11 is 36.1. The molecular formula is C97H133Cl6F6N11O15S5. The van der Waals surface area contributed by atoms with Crippen LogP contribution in [0, 0.1) is 74.1 Å². The monoisotopic (exact) mass is 2180 g/mol. The number of sulfonamides is 5. The first-order valence-electron chi connectivity index (χ1n) is 48.6. The molecule has 0 bridgehead atoms. The number of anilines is 1. The second kappa shape index (κ2) is 49.3. The molecule has 10 fully saturated rings. The Morgan fingerprint density at radius 3 is 0.879 bits per heavy atom. The minimum Gasteiger partial charge on any atom is -0.398 e. The molecule has 5 saturated carbocycles. The fourth-order valence-corrected chi connectivity index (χ4v) is 28.0. The number of halogens is 12. The SMILES string of the molecule is CCCS(=O)(=O)N1CCC(CNC(=O)c2c(F)cccc2Cl)(CC2CC2)CC1.CCCS(=O)(=O)N1CCC(CNC(=O)c2c(N)cccc2Cl)(CC2CC2)CC1.CCS(=O)(=O)N1CCC(CNC(=O)c2c(F)cccc2Cl)(CC2CC2)CC1.CCS(=O)(=O)N1CCC(CNC(=O)c2ccc(Cl)cc2Cl)(CC2CC2)CC1.O=C(NCC1(CC2CC2)CCN(S(=O)(=O)CC(F)(F)F)CC1)c1ccc(F)cc1Cl. The van der Waals surface area contributed by atoms with Crippen LogP contribution in [-0.4, -0.2) is 226 Å². The molecule has 26 nitrogen and oxygen atoms in total. The van der Waals surface area contributed by atoms with Crippen LogP contribution in [0.3, 0.4) is 0 Å². The molecule has 5 heterocycles. The molecule has 780 valence electrons. The van der Waals surface area contributed by atoms with E-state index in [4.69, 9.17) is 75.3 Å². The molecule has 5 saturated heterocycles. The lowest BCUT2D eigenvalue weighted by Crippen LogP contribution is -2.49. The van der Waals surface area contributed by atoms with Crippen LogP contribution in [-0.2, 0) is 50.1 Å². The Hall–Kier alpha value is -5.88. The third-order valence-electron chi connectivity index (χ3n) is 29.1. The fraction of sp³-hybridized carbons (Fsp3) is 0.639. The van der Waals surface area contributed by atoms with Gasteiger partial charge in [0.1, 0.15) is 17.5 Å². The molecule has 0 spiro atoms. The molecule has 15 rings (SSSR count). The van der Waals surface area contributed by atoms with Crippen molar-refractivity contribution in [3.8, 4) is 0 Å². The van der Waals surface area contributed by atoms with E-state index in [1.54, 1.807) is 67.5 Å². The van der Waals surface area contributed by atoms with Crippen molar-refractivity contribution >= 4 is 155 Å². The summed E-state index contributed by atoms with van der Waals surface area (Å²) in [5.74, 6) is -1.90. The minimum absolute atomic E-state index is 0.0156. The van der Waals surface area contributed by atoms with Gasteiger partial charge in [-0.05, 0) is 252 Å². The van der Waals surface area contributed by atoms with Gasteiger partial charge in [-0.3, -0.25) is 24.0 Å². The lowest BCUT2D eigenvalue weighted by molar-refractivity contribution is -0.107. The molecule has 7 N–H and O–H groups in total. The first kappa shape index (κ1) is 114. The Bertz CT molecular complexity index is 5550. The summed E-state index contributed by atoms with van der Waals surface area (Å²) in [5.41, 5.74) is 6.09. The molecule has 5 aromatic rings. The Balaban J connectivity index is 0.000000167. The maximum absolute atomic E-state index is 14.0. The van der Waals surface area contributed by atoms with E-state index in [0.717, 1.165) is 87.1 Å². The third kappa shape index (κ3) is 33.1. The molecule has 5 aromatic carbocycles. The average molecular weight is 2180 g/mol. The van der Waals surface area contributed by atoms with Crippen LogP contribution in [0.2, 0.25) is 30.1 Å². The van der Waals surface area contributed by atoms with Gasteiger partial charge in [-0.15, -0.1) is 0 Å². The van der Waals surface area contributed by atoms with Crippen LogP contribution in [0.1, 0.15) is 253 Å². The average Bonchev–Trinajstić information content (AvgIpc) is 1.71. The van der Waals surface area contributed by atoms with E-state index >= 15 is 0 Å². The van der Waals surface area contributed by atoms with Crippen LogP contribution in [0.4, 0.5) is 32.0 Å². The number of rotatable bonds is 37. The largest absolute Gasteiger partial charge is 0.404 e. The molecule has 5 amide bonds. The van der Waals surface area contributed by atoms with Crippen LogP contribution in [0.15, 0.2) is 91.0 Å². The molecule has 0 aromatic heterocycles. The highest BCUT2D eigenvalue weighted by molar-refractivity contribution is 7.90. The van der Waals surface area contributed by atoms with E-state index in [0.29, 0.717) is 191 Å². The highest BCUT2D eigenvalue weighted by atomic mass is 35.5. The number of amides is 5. The van der Waals surface area contributed by atoms with Crippen molar-refractivity contribution in [2.24, 2.45) is 56.7 Å². The summed E-state index contributed by atoms with van der Waals surface area (Å²) < 4.78 is 208. The van der Waals surface area contributed by atoms with Gasteiger partial charge in [-0.2, -0.15) is 13.2 Å². The number of hydrogen-bond acceptors (Lipinski definition) is 16. The second-order valence-corrected chi connectivity index (χ2v) is 53.2. The van der Waals surface area contributed by atoms with Gasteiger partial charge in [0.05, 0.1) is 75.9 Å². The number of nitrogens with one attached hydrogen (secondary N) is 5.